The van der Waals surface area contributed by atoms with Gasteiger partial charge in [0.25, 0.3) is 0 Å². The molecule has 4 rings (SSSR count). The number of rotatable bonds is 7. The van der Waals surface area contributed by atoms with E-state index in [9.17, 15) is 9.90 Å². The number of nitrogens with one attached hydrogen (secondary N) is 2. The van der Waals surface area contributed by atoms with Crippen molar-refractivity contribution in [1.82, 2.24) is 10.6 Å². The molecule has 27 heavy (non-hydrogen) atoms. The third-order valence-electron chi connectivity index (χ3n) is 5.90. The monoisotopic (exact) mass is 364 g/mol. The molecule has 2 aromatic carbocycles. The van der Waals surface area contributed by atoms with Crippen molar-refractivity contribution >= 4 is 5.91 Å². The van der Waals surface area contributed by atoms with E-state index in [2.05, 4.69) is 22.8 Å². The molecule has 142 valence electrons. The molecule has 1 fully saturated rings. The zero-order chi connectivity index (χ0) is 18.6. The zero-order valence-electron chi connectivity index (χ0n) is 15.7. The van der Waals surface area contributed by atoms with Crippen LogP contribution in [0.25, 0.3) is 11.1 Å². The molecule has 0 aliphatic heterocycles. The average Bonchev–Trinajstić information content (AvgIpc) is 3.32. The number of fused-ring (bicyclic) bond motifs is 3. The normalized spacial score (nSPS) is 17.5. The standard InChI is InChI=1S/C23H28N2O2/c26-17(14-24-13-16-7-1-2-8-16)15-25-23(27)22-20-11-5-3-9-18(20)19-10-4-6-12-21(19)22/h3-6,9-12,16-17,22,24,26H,1-2,7-8,13-15H2,(H,25,27). The van der Waals surface area contributed by atoms with E-state index in [0.29, 0.717) is 6.54 Å². The fraction of sp³-hybridized carbons (Fsp3) is 0.435. The van der Waals surface area contributed by atoms with Crippen LogP contribution in [0.3, 0.4) is 0 Å². The Hall–Kier alpha value is -2.17. The smallest absolute Gasteiger partial charge is 0.232 e. The van der Waals surface area contributed by atoms with Gasteiger partial charge in [-0.2, -0.15) is 0 Å². The fourth-order valence-electron chi connectivity index (χ4n) is 4.50. The van der Waals surface area contributed by atoms with Crippen LogP contribution >= 0.6 is 0 Å². The van der Waals surface area contributed by atoms with Crippen molar-refractivity contribution in [2.45, 2.75) is 37.7 Å². The topological polar surface area (TPSA) is 61.4 Å². The van der Waals surface area contributed by atoms with Gasteiger partial charge in [0, 0.05) is 13.1 Å². The van der Waals surface area contributed by atoms with Crippen LogP contribution < -0.4 is 10.6 Å². The van der Waals surface area contributed by atoms with Crippen molar-refractivity contribution in [2.75, 3.05) is 19.6 Å². The van der Waals surface area contributed by atoms with Crippen LogP contribution in [0.1, 0.15) is 42.7 Å². The maximum atomic E-state index is 12.9. The Morgan fingerprint density at radius 3 is 2.19 bits per heavy atom. The first kappa shape index (κ1) is 18.2. The fourth-order valence-corrected chi connectivity index (χ4v) is 4.50. The number of hydrogen-bond donors (Lipinski definition) is 3. The third-order valence-corrected chi connectivity index (χ3v) is 5.90. The second kappa shape index (κ2) is 8.24. The molecule has 2 aromatic rings. The molecule has 0 aromatic heterocycles. The maximum Gasteiger partial charge on any atom is 0.232 e. The Bertz CT molecular complexity index is 753. The SMILES string of the molecule is O=C(NCC(O)CNCC1CCCC1)C1c2ccccc2-c2ccccc21. The van der Waals surface area contributed by atoms with Crippen LogP contribution in [-0.2, 0) is 4.79 Å². The summed E-state index contributed by atoms with van der Waals surface area (Å²) in [5, 5.41) is 16.5. The lowest BCUT2D eigenvalue weighted by molar-refractivity contribution is -0.122. The quantitative estimate of drug-likeness (QED) is 0.708. The molecule has 0 bridgehead atoms. The maximum absolute atomic E-state index is 12.9. The Morgan fingerprint density at radius 1 is 0.963 bits per heavy atom. The molecule has 4 nitrogen and oxygen atoms in total. The van der Waals surface area contributed by atoms with Gasteiger partial charge in [0.15, 0.2) is 0 Å². The van der Waals surface area contributed by atoms with E-state index in [-0.39, 0.29) is 18.4 Å². The van der Waals surface area contributed by atoms with E-state index in [1.54, 1.807) is 0 Å². The largest absolute Gasteiger partial charge is 0.390 e. The summed E-state index contributed by atoms with van der Waals surface area (Å²) in [6.07, 6.45) is 4.67. The van der Waals surface area contributed by atoms with E-state index >= 15 is 0 Å². The molecule has 0 saturated heterocycles. The second-order valence-electron chi connectivity index (χ2n) is 7.82. The van der Waals surface area contributed by atoms with Gasteiger partial charge in [0.1, 0.15) is 0 Å². The Kier molecular flexibility index (Phi) is 5.55. The molecular formula is C23H28N2O2. The van der Waals surface area contributed by atoms with E-state index in [1.807, 2.05) is 36.4 Å². The third kappa shape index (κ3) is 3.92. The van der Waals surface area contributed by atoms with Gasteiger partial charge in [-0.3, -0.25) is 4.79 Å². The first-order valence-electron chi connectivity index (χ1n) is 10.1. The van der Waals surface area contributed by atoms with Crippen LogP contribution in [0, 0.1) is 5.92 Å². The van der Waals surface area contributed by atoms with Gasteiger partial charge in [-0.25, -0.2) is 0 Å². The molecule has 2 aliphatic rings. The predicted molar refractivity (Wildman–Crippen MR) is 108 cm³/mol. The van der Waals surface area contributed by atoms with Crippen LogP contribution in [0.15, 0.2) is 48.5 Å². The summed E-state index contributed by atoms with van der Waals surface area (Å²) in [7, 11) is 0. The number of benzene rings is 2. The number of hydrogen-bond acceptors (Lipinski definition) is 3. The number of carbonyl (C=O) groups excluding carboxylic acids is 1. The molecule has 0 heterocycles. The minimum atomic E-state index is -0.567. The van der Waals surface area contributed by atoms with E-state index in [4.69, 9.17) is 0 Å². The van der Waals surface area contributed by atoms with Gasteiger partial charge < -0.3 is 15.7 Å². The van der Waals surface area contributed by atoms with Gasteiger partial charge in [-0.15, -0.1) is 0 Å². The molecule has 1 amide bonds. The molecule has 1 unspecified atom stereocenters. The van der Waals surface area contributed by atoms with Gasteiger partial charge in [-0.05, 0) is 47.6 Å². The van der Waals surface area contributed by atoms with Gasteiger partial charge in [-0.1, -0.05) is 61.4 Å². The summed E-state index contributed by atoms with van der Waals surface area (Å²) in [6, 6.07) is 16.2. The minimum absolute atomic E-state index is 0.0396. The van der Waals surface area contributed by atoms with Crippen molar-refractivity contribution < 1.29 is 9.90 Å². The summed E-state index contributed by atoms with van der Waals surface area (Å²) in [4.78, 5) is 12.9. The van der Waals surface area contributed by atoms with Crippen molar-refractivity contribution in [3.63, 3.8) is 0 Å². The summed E-state index contributed by atoms with van der Waals surface area (Å²) < 4.78 is 0. The Labute approximate surface area is 161 Å². The van der Waals surface area contributed by atoms with Crippen molar-refractivity contribution in [1.29, 1.82) is 0 Å². The highest BCUT2D eigenvalue weighted by Gasteiger charge is 2.33. The summed E-state index contributed by atoms with van der Waals surface area (Å²) >= 11 is 0. The van der Waals surface area contributed by atoms with Gasteiger partial charge in [0.2, 0.25) is 5.91 Å². The van der Waals surface area contributed by atoms with Crippen LogP contribution in [-0.4, -0.2) is 36.8 Å². The van der Waals surface area contributed by atoms with Gasteiger partial charge >= 0.3 is 0 Å². The molecular weight excluding hydrogens is 336 g/mol. The van der Waals surface area contributed by atoms with Crippen LogP contribution in [0.5, 0.6) is 0 Å². The van der Waals surface area contributed by atoms with E-state index in [0.717, 1.165) is 34.7 Å². The van der Waals surface area contributed by atoms with Crippen molar-refractivity contribution in [3.8, 4) is 11.1 Å². The predicted octanol–water partition coefficient (Wildman–Crippen LogP) is 3.06. The average molecular weight is 364 g/mol. The minimum Gasteiger partial charge on any atom is -0.390 e. The van der Waals surface area contributed by atoms with Crippen LogP contribution in [0.4, 0.5) is 0 Å². The lowest BCUT2D eigenvalue weighted by Crippen LogP contribution is -2.40. The number of carbonyl (C=O) groups is 1. The summed E-state index contributed by atoms with van der Waals surface area (Å²) in [6.45, 7) is 1.76. The lowest BCUT2D eigenvalue weighted by Gasteiger charge is -2.18. The first-order chi connectivity index (χ1) is 13.2. The highest BCUT2D eigenvalue weighted by atomic mass is 16.3. The molecule has 0 radical (unpaired) electrons. The Morgan fingerprint density at radius 2 is 1.56 bits per heavy atom. The lowest BCUT2D eigenvalue weighted by atomic mass is 9.96. The number of aliphatic hydroxyl groups is 1. The number of aliphatic hydroxyl groups excluding tert-OH is 1. The highest BCUT2D eigenvalue weighted by Crippen LogP contribution is 2.44. The molecule has 1 saturated carbocycles. The zero-order valence-corrected chi connectivity index (χ0v) is 15.7. The number of amides is 1. The molecule has 1 atom stereocenters. The highest BCUT2D eigenvalue weighted by molar-refractivity contribution is 5.96. The second-order valence-corrected chi connectivity index (χ2v) is 7.82. The summed E-state index contributed by atoms with van der Waals surface area (Å²) in [5.74, 6) is 0.413. The molecule has 3 N–H and O–H groups in total. The van der Waals surface area contributed by atoms with Crippen LogP contribution in [0.2, 0.25) is 0 Å². The van der Waals surface area contributed by atoms with Gasteiger partial charge in [0.05, 0.1) is 12.0 Å². The van der Waals surface area contributed by atoms with Crippen molar-refractivity contribution in [3.05, 3.63) is 59.7 Å². The Balaban J connectivity index is 1.34. The molecule has 4 heteroatoms. The first-order valence-corrected chi connectivity index (χ1v) is 10.1. The summed E-state index contributed by atoms with van der Waals surface area (Å²) in [5.41, 5.74) is 4.36. The molecule has 0 spiro atoms. The molecule has 2 aliphatic carbocycles. The van der Waals surface area contributed by atoms with E-state index in [1.165, 1.54) is 25.7 Å². The van der Waals surface area contributed by atoms with E-state index < -0.39 is 6.10 Å². The van der Waals surface area contributed by atoms with Crippen molar-refractivity contribution in [2.24, 2.45) is 5.92 Å².